The highest BCUT2D eigenvalue weighted by atomic mass is 35.5. The first-order valence-corrected chi connectivity index (χ1v) is 10.9. The zero-order valence-corrected chi connectivity index (χ0v) is 16.6. The molecule has 1 aliphatic heterocycles. The van der Waals surface area contributed by atoms with Gasteiger partial charge in [0.2, 0.25) is 5.91 Å². The number of hydrogen-bond acceptors (Lipinski definition) is 3. The summed E-state index contributed by atoms with van der Waals surface area (Å²) < 4.78 is 28.1. The molecule has 0 atom stereocenters. The maximum absolute atomic E-state index is 12.8. The summed E-state index contributed by atoms with van der Waals surface area (Å²) >= 11 is 6.15. The fourth-order valence-electron chi connectivity index (χ4n) is 3.56. The SMILES string of the molecule is Cc1ccc(NS(=O)(=O)c2ccc3c(c2)CCN3C(=O)C2CCC2)c(Cl)c1. The Morgan fingerprint density at radius 3 is 2.63 bits per heavy atom. The molecule has 2 aromatic carbocycles. The summed E-state index contributed by atoms with van der Waals surface area (Å²) in [5.41, 5.74) is 3.03. The Morgan fingerprint density at radius 1 is 1.19 bits per heavy atom. The Morgan fingerprint density at radius 2 is 1.96 bits per heavy atom. The van der Waals surface area contributed by atoms with Crippen molar-refractivity contribution in [2.45, 2.75) is 37.5 Å². The predicted octanol–water partition coefficient (Wildman–Crippen LogP) is 4.14. The Kier molecular flexibility index (Phi) is 4.64. The van der Waals surface area contributed by atoms with Crippen molar-refractivity contribution in [3.8, 4) is 0 Å². The van der Waals surface area contributed by atoms with Gasteiger partial charge < -0.3 is 4.90 Å². The lowest BCUT2D eigenvalue weighted by Crippen LogP contribution is -2.37. The molecule has 1 saturated carbocycles. The summed E-state index contributed by atoms with van der Waals surface area (Å²) in [6.45, 7) is 2.51. The van der Waals surface area contributed by atoms with Crippen LogP contribution >= 0.6 is 11.6 Å². The summed E-state index contributed by atoms with van der Waals surface area (Å²) in [7, 11) is -3.76. The van der Waals surface area contributed by atoms with Crippen molar-refractivity contribution in [2.24, 2.45) is 5.92 Å². The molecule has 0 spiro atoms. The summed E-state index contributed by atoms with van der Waals surface area (Å²) in [5.74, 6) is 0.296. The van der Waals surface area contributed by atoms with Gasteiger partial charge in [-0.25, -0.2) is 8.42 Å². The minimum absolute atomic E-state index is 0.129. The molecule has 1 N–H and O–H groups in total. The molecule has 27 heavy (non-hydrogen) atoms. The van der Waals surface area contributed by atoms with Crippen molar-refractivity contribution in [2.75, 3.05) is 16.2 Å². The lowest BCUT2D eigenvalue weighted by Gasteiger charge is -2.29. The topological polar surface area (TPSA) is 66.5 Å². The number of nitrogens with zero attached hydrogens (tertiary/aromatic N) is 1. The van der Waals surface area contributed by atoms with Crippen LogP contribution in [0.15, 0.2) is 41.3 Å². The van der Waals surface area contributed by atoms with E-state index in [0.717, 1.165) is 36.1 Å². The van der Waals surface area contributed by atoms with Crippen molar-refractivity contribution in [3.63, 3.8) is 0 Å². The first kappa shape index (κ1) is 18.3. The normalized spacial score (nSPS) is 16.7. The molecule has 0 unspecified atom stereocenters. The number of carbonyl (C=O) groups excluding carboxylic acids is 1. The Bertz CT molecular complexity index is 1020. The number of carbonyl (C=O) groups is 1. The van der Waals surface area contributed by atoms with E-state index in [1.54, 1.807) is 41.3 Å². The second kappa shape index (κ2) is 6.84. The highest BCUT2D eigenvalue weighted by Crippen LogP contribution is 2.36. The van der Waals surface area contributed by atoms with Crippen LogP contribution in [0.2, 0.25) is 5.02 Å². The van der Waals surface area contributed by atoms with E-state index in [1.165, 1.54) is 0 Å². The maximum Gasteiger partial charge on any atom is 0.261 e. The predicted molar refractivity (Wildman–Crippen MR) is 107 cm³/mol. The van der Waals surface area contributed by atoms with Crippen molar-refractivity contribution in [3.05, 3.63) is 52.5 Å². The van der Waals surface area contributed by atoms with Crippen LogP contribution in [0.1, 0.15) is 30.4 Å². The van der Waals surface area contributed by atoms with Crippen molar-refractivity contribution < 1.29 is 13.2 Å². The molecule has 142 valence electrons. The highest BCUT2D eigenvalue weighted by molar-refractivity contribution is 7.92. The highest BCUT2D eigenvalue weighted by Gasteiger charge is 2.33. The van der Waals surface area contributed by atoms with Crippen LogP contribution in [0.3, 0.4) is 0 Å². The van der Waals surface area contributed by atoms with Crippen LogP contribution in [0, 0.1) is 12.8 Å². The van der Waals surface area contributed by atoms with Gasteiger partial charge >= 0.3 is 0 Å². The van der Waals surface area contributed by atoms with Crippen LogP contribution in [0.5, 0.6) is 0 Å². The standard InChI is InChI=1S/C20H21ClN2O3S/c1-13-5-7-18(17(21)11-13)22-27(25,26)16-6-8-19-15(12-16)9-10-23(19)20(24)14-3-2-4-14/h5-8,11-12,14,22H,2-4,9-10H2,1H3. The van der Waals surface area contributed by atoms with Gasteiger partial charge in [-0.05, 0) is 67.6 Å². The maximum atomic E-state index is 12.8. The van der Waals surface area contributed by atoms with E-state index in [9.17, 15) is 13.2 Å². The van der Waals surface area contributed by atoms with E-state index < -0.39 is 10.0 Å². The minimum atomic E-state index is -3.76. The molecule has 1 amide bonds. The molecule has 0 aromatic heterocycles. The second-order valence-electron chi connectivity index (χ2n) is 7.25. The third kappa shape index (κ3) is 3.44. The van der Waals surface area contributed by atoms with Gasteiger partial charge in [0, 0.05) is 18.2 Å². The molecule has 4 rings (SSSR count). The molecule has 1 fully saturated rings. The van der Waals surface area contributed by atoms with Crippen LogP contribution in [-0.4, -0.2) is 20.9 Å². The quantitative estimate of drug-likeness (QED) is 0.832. The van der Waals surface area contributed by atoms with Crippen molar-refractivity contribution >= 4 is 38.9 Å². The Labute approximate surface area is 164 Å². The second-order valence-corrected chi connectivity index (χ2v) is 9.34. The molecular weight excluding hydrogens is 384 g/mol. The van der Waals surface area contributed by atoms with Gasteiger partial charge in [-0.3, -0.25) is 9.52 Å². The minimum Gasteiger partial charge on any atom is -0.312 e. The molecule has 0 bridgehead atoms. The Hall–Kier alpha value is -2.05. The first-order chi connectivity index (χ1) is 12.8. The summed E-state index contributed by atoms with van der Waals surface area (Å²) in [6.07, 6.45) is 3.70. The fourth-order valence-corrected chi connectivity index (χ4v) is 5.02. The number of rotatable bonds is 4. The number of halogens is 1. The number of nitrogens with one attached hydrogen (secondary N) is 1. The summed E-state index contributed by atoms with van der Waals surface area (Å²) in [6, 6.07) is 10.1. The molecule has 1 aliphatic carbocycles. The number of aryl methyl sites for hydroxylation is 1. The number of hydrogen-bond donors (Lipinski definition) is 1. The van der Waals surface area contributed by atoms with Gasteiger partial charge in [-0.1, -0.05) is 24.1 Å². The number of fused-ring (bicyclic) bond motifs is 1. The van der Waals surface area contributed by atoms with Crippen molar-refractivity contribution in [1.82, 2.24) is 0 Å². The van der Waals surface area contributed by atoms with Crippen molar-refractivity contribution in [1.29, 1.82) is 0 Å². The van der Waals surface area contributed by atoms with Gasteiger partial charge in [-0.2, -0.15) is 0 Å². The van der Waals surface area contributed by atoms with Crippen LogP contribution in [0.4, 0.5) is 11.4 Å². The molecule has 0 radical (unpaired) electrons. The van der Waals surface area contributed by atoms with Gasteiger partial charge in [0.15, 0.2) is 0 Å². The molecule has 2 aromatic rings. The van der Waals surface area contributed by atoms with Gasteiger partial charge in [0.05, 0.1) is 15.6 Å². The Balaban J connectivity index is 1.59. The molecular formula is C20H21ClN2O3S. The number of amides is 1. The number of anilines is 2. The van der Waals surface area contributed by atoms with E-state index in [2.05, 4.69) is 4.72 Å². The van der Waals surface area contributed by atoms with E-state index in [4.69, 9.17) is 11.6 Å². The molecule has 0 saturated heterocycles. The zero-order chi connectivity index (χ0) is 19.2. The smallest absolute Gasteiger partial charge is 0.261 e. The van der Waals surface area contributed by atoms with Crippen LogP contribution in [-0.2, 0) is 21.2 Å². The average molecular weight is 405 g/mol. The molecule has 1 heterocycles. The largest absolute Gasteiger partial charge is 0.312 e. The monoisotopic (exact) mass is 404 g/mol. The number of benzene rings is 2. The van der Waals surface area contributed by atoms with E-state index >= 15 is 0 Å². The average Bonchev–Trinajstić information content (AvgIpc) is 2.99. The fraction of sp³-hybridized carbons (Fsp3) is 0.350. The zero-order valence-electron chi connectivity index (χ0n) is 15.0. The third-order valence-corrected chi connectivity index (χ3v) is 7.02. The summed E-state index contributed by atoms with van der Waals surface area (Å²) in [4.78, 5) is 14.5. The summed E-state index contributed by atoms with van der Waals surface area (Å²) in [5, 5.41) is 0.358. The van der Waals surface area contributed by atoms with Gasteiger partial charge in [0.25, 0.3) is 10.0 Å². The van der Waals surface area contributed by atoms with E-state index in [-0.39, 0.29) is 16.7 Å². The molecule has 7 heteroatoms. The van der Waals surface area contributed by atoms with E-state index in [0.29, 0.717) is 23.7 Å². The first-order valence-electron chi connectivity index (χ1n) is 9.08. The molecule has 2 aliphatic rings. The third-order valence-electron chi connectivity index (χ3n) is 5.35. The van der Waals surface area contributed by atoms with Crippen LogP contribution in [0.25, 0.3) is 0 Å². The van der Waals surface area contributed by atoms with Crippen LogP contribution < -0.4 is 9.62 Å². The number of sulfonamides is 1. The lowest BCUT2D eigenvalue weighted by molar-refractivity contribution is -0.124. The van der Waals surface area contributed by atoms with Gasteiger partial charge in [0.1, 0.15) is 0 Å². The van der Waals surface area contributed by atoms with E-state index in [1.807, 2.05) is 6.92 Å². The molecule has 5 nitrogen and oxygen atoms in total. The lowest BCUT2D eigenvalue weighted by atomic mass is 9.84. The van der Waals surface area contributed by atoms with Gasteiger partial charge in [-0.15, -0.1) is 0 Å².